The number of rotatable bonds is 7. The van der Waals surface area contributed by atoms with Gasteiger partial charge in [-0.05, 0) is 30.2 Å². The number of halogens is 1. The van der Waals surface area contributed by atoms with Gasteiger partial charge in [0.1, 0.15) is 10.8 Å². The third kappa shape index (κ3) is 5.28. The summed E-state index contributed by atoms with van der Waals surface area (Å²) < 4.78 is 38.5. The number of aromatic nitrogens is 2. The number of sulfonamides is 1. The number of hydrogen-bond acceptors (Lipinski definition) is 6. The Bertz CT molecular complexity index is 835. The third-order valence-corrected chi connectivity index (χ3v) is 5.86. The Morgan fingerprint density at radius 2 is 1.92 bits per heavy atom. The van der Waals surface area contributed by atoms with Gasteiger partial charge < -0.3 is 0 Å². The molecule has 0 aliphatic carbocycles. The van der Waals surface area contributed by atoms with Crippen molar-refractivity contribution in [2.45, 2.75) is 25.2 Å². The number of benzene rings is 1. The monoisotopic (exact) mass is 386 g/mol. The van der Waals surface area contributed by atoms with Gasteiger partial charge in [-0.15, -0.1) is 10.2 Å². The van der Waals surface area contributed by atoms with E-state index in [9.17, 15) is 17.6 Å². The average Bonchev–Trinajstić information content (AvgIpc) is 2.93. The van der Waals surface area contributed by atoms with Crippen molar-refractivity contribution in [3.63, 3.8) is 0 Å². The van der Waals surface area contributed by atoms with Crippen molar-refractivity contribution < 1.29 is 17.6 Å². The maximum absolute atomic E-state index is 12.9. The minimum Gasteiger partial charge on any atom is -0.299 e. The summed E-state index contributed by atoms with van der Waals surface area (Å²) in [7, 11) is -2.60. The Hall–Kier alpha value is -1.91. The number of anilines is 1. The molecule has 0 atom stereocenters. The van der Waals surface area contributed by atoms with Crippen molar-refractivity contribution in [2.24, 2.45) is 5.92 Å². The molecule has 0 bridgehead atoms. The SMILES string of the molecule is CC(C)Cc1nnc(NC(=O)CN(C)S(=O)(=O)c2ccc(F)cc2)s1. The largest absolute Gasteiger partial charge is 0.299 e. The van der Waals surface area contributed by atoms with Crippen molar-refractivity contribution in [1.29, 1.82) is 0 Å². The van der Waals surface area contributed by atoms with Gasteiger partial charge >= 0.3 is 0 Å². The van der Waals surface area contributed by atoms with E-state index < -0.39 is 28.3 Å². The molecule has 0 aliphatic heterocycles. The smallest absolute Gasteiger partial charge is 0.243 e. The minimum absolute atomic E-state index is 0.0839. The number of amides is 1. The molecule has 7 nitrogen and oxygen atoms in total. The summed E-state index contributed by atoms with van der Waals surface area (Å²) in [6.07, 6.45) is 0.756. The van der Waals surface area contributed by atoms with E-state index in [0.717, 1.165) is 40.0 Å². The van der Waals surface area contributed by atoms with Crippen LogP contribution < -0.4 is 5.32 Å². The molecule has 0 unspecified atom stereocenters. The second-order valence-corrected chi connectivity index (χ2v) is 8.97. The topological polar surface area (TPSA) is 92.3 Å². The molecule has 0 fully saturated rings. The molecule has 1 amide bonds. The maximum atomic E-state index is 12.9. The predicted octanol–water partition coefficient (Wildman–Crippen LogP) is 2.13. The summed E-state index contributed by atoms with van der Waals surface area (Å²) in [6, 6.07) is 4.42. The normalized spacial score (nSPS) is 11.9. The van der Waals surface area contributed by atoms with Crippen LogP contribution in [0.15, 0.2) is 29.2 Å². The van der Waals surface area contributed by atoms with Crippen LogP contribution in [0.25, 0.3) is 0 Å². The number of likely N-dealkylation sites (N-methyl/N-ethyl adjacent to an activating group) is 1. The lowest BCUT2D eigenvalue weighted by molar-refractivity contribution is -0.116. The summed E-state index contributed by atoms with van der Waals surface area (Å²) in [5, 5.41) is 11.5. The van der Waals surface area contributed by atoms with E-state index in [1.165, 1.54) is 18.4 Å². The molecular formula is C15H19FN4O3S2. The Labute approximate surface area is 149 Å². The Balaban J connectivity index is 1.99. The maximum Gasteiger partial charge on any atom is 0.243 e. The van der Waals surface area contributed by atoms with Crippen LogP contribution in [0.3, 0.4) is 0 Å². The first-order valence-electron chi connectivity index (χ1n) is 7.52. The van der Waals surface area contributed by atoms with E-state index >= 15 is 0 Å². The van der Waals surface area contributed by atoms with E-state index in [2.05, 4.69) is 29.4 Å². The van der Waals surface area contributed by atoms with Gasteiger partial charge in [0.05, 0.1) is 11.4 Å². The molecule has 0 saturated carbocycles. The number of nitrogens with zero attached hydrogens (tertiary/aromatic N) is 3. The molecule has 0 spiro atoms. The number of hydrogen-bond donors (Lipinski definition) is 1. The highest BCUT2D eigenvalue weighted by atomic mass is 32.2. The molecule has 136 valence electrons. The molecule has 2 aromatic rings. The van der Waals surface area contributed by atoms with Gasteiger partial charge in [-0.25, -0.2) is 12.8 Å². The first-order chi connectivity index (χ1) is 11.7. The second kappa shape index (κ2) is 7.98. The highest BCUT2D eigenvalue weighted by molar-refractivity contribution is 7.89. The van der Waals surface area contributed by atoms with Crippen LogP contribution in [0.5, 0.6) is 0 Å². The second-order valence-electron chi connectivity index (χ2n) is 5.86. The zero-order valence-corrected chi connectivity index (χ0v) is 15.7. The fourth-order valence-corrected chi connectivity index (χ4v) is 4.06. The first kappa shape index (κ1) is 19.4. The van der Waals surface area contributed by atoms with Crippen LogP contribution in [-0.4, -0.2) is 42.4 Å². The average molecular weight is 386 g/mol. The molecule has 10 heteroatoms. The Morgan fingerprint density at radius 1 is 1.28 bits per heavy atom. The van der Waals surface area contributed by atoms with E-state index in [0.29, 0.717) is 11.0 Å². The zero-order valence-electron chi connectivity index (χ0n) is 14.1. The van der Waals surface area contributed by atoms with Gasteiger partial charge in [0.15, 0.2) is 0 Å². The van der Waals surface area contributed by atoms with Crippen LogP contribution in [0.1, 0.15) is 18.9 Å². The van der Waals surface area contributed by atoms with Gasteiger partial charge in [-0.1, -0.05) is 25.2 Å². The molecule has 2 rings (SSSR count). The molecule has 0 aliphatic rings. The highest BCUT2D eigenvalue weighted by Crippen LogP contribution is 2.19. The molecule has 0 radical (unpaired) electrons. The predicted molar refractivity (Wildman–Crippen MR) is 93.3 cm³/mol. The fourth-order valence-electron chi connectivity index (χ4n) is 1.97. The van der Waals surface area contributed by atoms with E-state index in [1.807, 2.05) is 0 Å². The van der Waals surface area contributed by atoms with E-state index in [4.69, 9.17) is 0 Å². The van der Waals surface area contributed by atoms with Crippen molar-refractivity contribution in [1.82, 2.24) is 14.5 Å². The summed E-state index contributed by atoms with van der Waals surface area (Å²) in [4.78, 5) is 12.0. The Morgan fingerprint density at radius 3 is 2.52 bits per heavy atom. The molecule has 1 aromatic heterocycles. The van der Waals surface area contributed by atoms with Gasteiger partial charge in [-0.3, -0.25) is 10.1 Å². The third-order valence-electron chi connectivity index (χ3n) is 3.18. The zero-order chi connectivity index (χ0) is 18.6. The molecule has 25 heavy (non-hydrogen) atoms. The lowest BCUT2D eigenvalue weighted by Crippen LogP contribution is -2.34. The summed E-state index contributed by atoms with van der Waals surface area (Å²) in [5.74, 6) is -0.642. The van der Waals surface area contributed by atoms with Crippen molar-refractivity contribution in [3.05, 3.63) is 35.1 Å². The minimum atomic E-state index is -3.88. The summed E-state index contributed by atoms with van der Waals surface area (Å²) in [6.45, 7) is 3.71. The number of nitrogens with one attached hydrogen (secondary N) is 1. The van der Waals surface area contributed by atoms with E-state index in [-0.39, 0.29) is 4.90 Å². The number of carbonyl (C=O) groups excluding carboxylic acids is 1. The van der Waals surface area contributed by atoms with Gasteiger partial charge in [0.25, 0.3) is 0 Å². The molecule has 1 N–H and O–H groups in total. The quantitative estimate of drug-likeness (QED) is 0.787. The lowest BCUT2D eigenvalue weighted by Gasteiger charge is -2.16. The van der Waals surface area contributed by atoms with E-state index in [1.54, 1.807) is 0 Å². The van der Waals surface area contributed by atoms with Crippen LogP contribution in [0, 0.1) is 11.7 Å². The van der Waals surface area contributed by atoms with Gasteiger partial charge in [0, 0.05) is 13.5 Å². The van der Waals surface area contributed by atoms with Crippen LogP contribution in [-0.2, 0) is 21.2 Å². The molecule has 1 heterocycles. The van der Waals surface area contributed by atoms with Gasteiger partial charge in [0.2, 0.25) is 21.1 Å². The van der Waals surface area contributed by atoms with Crippen molar-refractivity contribution in [2.75, 3.05) is 18.9 Å². The van der Waals surface area contributed by atoms with Crippen molar-refractivity contribution in [3.8, 4) is 0 Å². The summed E-state index contributed by atoms with van der Waals surface area (Å²) in [5.41, 5.74) is 0. The van der Waals surface area contributed by atoms with Crippen LogP contribution in [0.2, 0.25) is 0 Å². The fraction of sp³-hybridized carbons (Fsp3) is 0.400. The van der Waals surface area contributed by atoms with Crippen molar-refractivity contribution >= 4 is 32.4 Å². The first-order valence-corrected chi connectivity index (χ1v) is 9.78. The summed E-state index contributed by atoms with van der Waals surface area (Å²) >= 11 is 1.26. The number of carbonyl (C=O) groups is 1. The molecular weight excluding hydrogens is 367 g/mol. The Kier molecular flexibility index (Phi) is 6.20. The van der Waals surface area contributed by atoms with Crippen LogP contribution >= 0.6 is 11.3 Å². The standard InChI is InChI=1S/C15H19FN4O3S2/c1-10(2)8-14-18-19-15(24-14)17-13(21)9-20(3)25(22,23)12-6-4-11(16)5-7-12/h4-7,10H,8-9H2,1-3H3,(H,17,19,21). The molecule has 0 saturated heterocycles. The molecule has 1 aromatic carbocycles. The lowest BCUT2D eigenvalue weighted by atomic mass is 10.1. The highest BCUT2D eigenvalue weighted by Gasteiger charge is 2.23. The van der Waals surface area contributed by atoms with Gasteiger partial charge in [-0.2, -0.15) is 4.31 Å². The van der Waals surface area contributed by atoms with Crippen LogP contribution in [0.4, 0.5) is 9.52 Å².